The normalized spacial score (nSPS) is 12.6. The second kappa shape index (κ2) is 6.41. The molecule has 0 saturated heterocycles. The van der Waals surface area contributed by atoms with Gasteiger partial charge >= 0.3 is 0 Å². The van der Waals surface area contributed by atoms with Crippen molar-refractivity contribution in [1.29, 1.82) is 0 Å². The minimum absolute atomic E-state index is 0.0602. The Bertz CT molecular complexity index is 502. The molecule has 5 heteroatoms. The first-order valence-corrected chi connectivity index (χ1v) is 7.49. The fourth-order valence-electron chi connectivity index (χ4n) is 1.84. The van der Waals surface area contributed by atoms with Gasteiger partial charge < -0.3 is 5.32 Å². The number of nitrogens with one attached hydrogen (secondary N) is 1. The molecule has 1 N–H and O–H groups in total. The minimum atomic E-state index is -0.170. The molecular weight excluding hydrogens is 315 g/mol. The van der Waals surface area contributed by atoms with Crippen molar-refractivity contribution >= 4 is 27.3 Å². The van der Waals surface area contributed by atoms with Crippen molar-refractivity contribution in [3.05, 3.63) is 50.6 Å². The van der Waals surface area contributed by atoms with Crippen molar-refractivity contribution in [2.45, 2.75) is 19.4 Å². The minimum Gasteiger partial charge on any atom is -0.309 e. The van der Waals surface area contributed by atoms with Crippen molar-refractivity contribution in [3.8, 4) is 0 Å². The van der Waals surface area contributed by atoms with Gasteiger partial charge in [0, 0.05) is 9.85 Å². The maximum absolute atomic E-state index is 13.7. The van der Waals surface area contributed by atoms with Gasteiger partial charge in [-0.05, 0) is 36.7 Å². The van der Waals surface area contributed by atoms with Gasteiger partial charge in [-0.15, -0.1) is 11.3 Å². The van der Waals surface area contributed by atoms with E-state index in [9.17, 15) is 4.39 Å². The van der Waals surface area contributed by atoms with E-state index in [0.29, 0.717) is 12.0 Å². The Morgan fingerprint density at radius 2 is 2.33 bits per heavy atom. The number of nitrogens with zero attached hydrogens (tertiary/aromatic N) is 1. The summed E-state index contributed by atoms with van der Waals surface area (Å²) >= 11 is 4.93. The molecule has 0 radical (unpaired) electrons. The number of halogens is 2. The summed E-state index contributed by atoms with van der Waals surface area (Å²) in [6.45, 7) is 2.87. The van der Waals surface area contributed by atoms with Gasteiger partial charge in [0.25, 0.3) is 0 Å². The second-order valence-corrected chi connectivity index (χ2v) is 5.60. The number of aromatic nitrogens is 1. The van der Waals surface area contributed by atoms with Gasteiger partial charge in [0.15, 0.2) is 0 Å². The van der Waals surface area contributed by atoms with Crippen LogP contribution in [0.4, 0.5) is 4.39 Å². The Labute approximate surface area is 118 Å². The molecule has 1 aromatic heterocycles. The fourth-order valence-corrected chi connectivity index (χ4v) is 2.86. The first-order valence-electron chi connectivity index (χ1n) is 5.76. The van der Waals surface area contributed by atoms with Crippen molar-refractivity contribution < 1.29 is 4.39 Å². The predicted octanol–water partition coefficient (Wildman–Crippen LogP) is 3.94. The van der Waals surface area contributed by atoms with E-state index in [0.717, 1.165) is 16.7 Å². The molecule has 0 aliphatic rings. The van der Waals surface area contributed by atoms with Gasteiger partial charge in [-0.3, -0.25) is 0 Å². The van der Waals surface area contributed by atoms with Crippen LogP contribution in [-0.4, -0.2) is 11.5 Å². The average molecular weight is 329 g/mol. The maximum Gasteiger partial charge on any atom is 0.126 e. The summed E-state index contributed by atoms with van der Waals surface area (Å²) in [6, 6.07) is 5.09. The lowest BCUT2D eigenvalue weighted by molar-refractivity contribution is 0.519. The Morgan fingerprint density at radius 3 is 3.00 bits per heavy atom. The lowest BCUT2D eigenvalue weighted by Gasteiger charge is -2.16. The highest BCUT2D eigenvalue weighted by atomic mass is 79.9. The molecule has 0 aliphatic heterocycles. The highest BCUT2D eigenvalue weighted by Crippen LogP contribution is 2.22. The summed E-state index contributed by atoms with van der Waals surface area (Å²) in [5.41, 5.74) is 3.47. The third-order valence-corrected chi connectivity index (χ3v) is 3.79. The van der Waals surface area contributed by atoms with E-state index >= 15 is 0 Å². The molecule has 18 heavy (non-hydrogen) atoms. The van der Waals surface area contributed by atoms with Crippen molar-refractivity contribution in [3.63, 3.8) is 0 Å². The van der Waals surface area contributed by atoms with Crippen LogP contribution in [0.5, 0.6) is 0 Å². The number of hydrogen-bond acceptors (Lipinski definition) is 3. The average Bonchev–Trinajstić information content (AvgIpc) is 2.87. The van der Waals surface area contributed by atoms with Crippen LogP contribution in [0.15, 0.2) is 33.6 Å². The summed E-state index contributed by atoms with van der Waals surface area (Å²) in [5, 5.41) is 5.35. The lowest BCUT2D eigenvalue weighted by Crippen LogP contribution is -2.23. The maximum atomic E-state index is 13.7. The molecule has 2 aromatic rings. The Kier molecular flexibility index (Phi) is 4.86. The van der Waals surface area contributed by atoms with Gasteiger partial charge in [-0.25, -0.2) is 9.37 Å². The summed E-state index contributed by atoms with van der Waals surface area (Å²) in [4.78, 5) is 4.31. The number of benzene rings is 1. The van der Waals surface area contributed by atoms with Crippen LogP contribution in [0.1, 0.15) is 24.2 Å². The van der Waals surface area contributed by atoms with Crippen molar-refractivity contribution in [2.24, 2.45) is 0 Å². The molecule has 96 valence electrons. The zero-order valence-electron chi connectivity index (χ0n) is 9.99. The van der Waals surface area contributed by atoms with E-state index in [1.54, 1.807) is 22.9 Å². The van der Waals surface area contributed by atoms with Crippen LogP contribution in [0.3, 0.4) is 0 Å². The molecule has 0 spiro atoms. The number of likely N-dealkylation sites (N-methyl/N-ethyl adjacent to an activating group) is 1. The number of hydrogen-bond donors (Lipinski definition) is 1. The monoisotopic (exact) mass is 328 g/mol. The van der Waals surface area contributed by atoms with Crippen molar-refractivity contribution in [2.75, 3.05) is 6.54 Å². The van der Waals surface area contributed by atoms with Gasteiger partial charge in [0.1, 0.15) is 5.82 Å². The Hall–Kier alpha value is -0.780. The first-order chi connectivity index (χ1) is 8.70. The van der Waals surface area contributed by atoms with Crippen LogP contribution in [-0.2, 0) is 6.42 Å². The SMILES string of the molecule is CCNC(Cc1cc(Br)ccc1F)c1cscn1. The number of thiazole rings is 1. The fraction of sp³-hybridized carbons (Fsp3) is 0.308. The topological polar surface area (TPSA) is 24.9 Å². The third-order valence-electron chi connectivity index (χ3n) is 2.69. The molecule has 0 saturated carbocycles. The second-order valence-electron chi connectivity index (χ2n) is 3.96. The summed E-state index contributed by atoms with van der Waals surface area (Å²) in [7, 11) is 0. The lowest BCUT2D eigenvalue weighted by atomic mass is 10.0. The van der Waals surface area contributed by atoms with Gasteiger partial charge in [0.05, 0.1) is 17.2 Å². The Morgan fingerprint density at radius 1 is 1.50 bits per heavy atom. The molecule has 0 fully saturated rings. The van der Waals surface area contributed by atoms with E-state index < -0.39 is 0 Å². The molecule has 1 aromatic carbocycles. The molecule has 2 rings (SSSR count). The third kappa shape index (κ3) is 3.37. The van der Waals surface area contributed by atoms with Gasteiger partial charge in [0.2, 0.25) is 0 Å². The largest absolute Gasteiger partial charge is 0.309 e. The zero-order chi connectivity index (χ0) is 13.0. The Balaban J connectivity index is 2.21. The molecule has 0 aliphatic carbocycles. The first kappa shape index (κ1) is 13.6. The predicted molar refractivity (Wildman–Crippen MR) is 76.3 cm³/mol. The molecule has 1 heterocycles. The van der Waals surface area contributed by atoms with Crippen LogP contribution in [0.2, 0.25) is 0 Å². The van der Waals surface area contributed by atoms with E-state index in [-0.39, 0.29) is 11.9 Å². The number of rotatable bonds is 5. The summed E-state index contributed by atoms with van der Waals surface area (Å²) in [5.74, 6) is -0.170. The molecule has 1 unspecified atom stereocenters. The van der Waals surface area contributed by atoms with E-state index in [2.05, 4.69) is 26.2 Å². The van der Waals surface area contributed by atoms with Crippen LogP contribution >= 0.6 is 27.3 Å². The molecule has 0 amide bonds. The standard InChI is InChI=1S/C13H14BrFN2S/c1-2-16-12(13-7-18-8-17-13)6-9-5-10(14)3-4-11(9)15/h3-5,7-8,12,16H,2,6H2,1H3. The van der Waals surface area contributed by atoms with Gasteiger partial charge in [-0.1, -0.05) is 22.9 Å². The van der Waals surface area contributed by atoms with E-state index in [1.807, 2.05) is 18.4 Å². The highest BCUT2D eigenvalue weighted by Gasteiger charge is 2.15. The molecule has 1 atom stereocenters. The summed E-state index contributed by atoms with van der Waals surface area (Å²) < 4.78 is 14.6. The van der Waals surface area contributed by atoms with E-state index in [1.165, 1.54) is 6.07 Å². The van der Waals surface area contributed by atoms with Crippen LogP contribution in [0, 0.1) is 5.82 Å². The molecular formula is C13H14BrFN2S. The van der Waals surface area contributed by atoms with Crippen molar-refractivity contribution in [1.82, 2.24) is 10.3 Å². The molecule has 0 bridgehead atoms. The summed E-state index contributed by atoms with van der Waals surface area (Å²) in [6.07, 6.45) is 0.600. The smallest absolute Gasteiger partial charge is 0.126 e. The zero-order valence-corrected chi connectivity index (χ0v) is 12.4. The quantitative estimate of drug-likeness (QED) is 0.899. The van der Waals surface area contributed by atoms with Gasteiger partial charge in [-0.2, -0.15) is 0 Å². The molecule has 2 nitrogen and oxygen atoms in total. The van der Waals surface area contributed by atoms with Crippen LogP contribution < -0.4 is 5.32 Å². The van der Waals surface area contributed by atoms with Crippen LogP contribution in [0.25, 0.3) is 0 Å². The van der Waals surface area contributed by atoms with E-state index in [4.69, 9.17) is 0 Å². The highest BCUT2D eigenvalue weighted by molar-refractivity contribution is 9.10.